The zero-order valence-corrected chi connectivity index (χ0v) is 11.5. The van der Waals surface area contributed by atoms with Crippen LogP contribution < -0.4 is 5.32 Å². The summed E-state index contributed by atoms with van der Waals surface area (Å²) in [6.45, 7) is 2.00. The number of rotatable bonds is 4. The Morgan fingerprint density at radius 2 is 2.21 bits per heavy atom. The van der Waals surface area contributed by atoms with Crippen molar-refractivity contribution in [2.24, 2.45) is 5.92 Å². The van der Waals surface area contributed by atoms with E-state index in [1.54, 1.807) is 6.07 Å². The highest BCUT2D eigenvalue weighted by Gasteiger charge is 2.34. The van der Waals surface area contributed by atoms with Gasteiger partial charge in [0, 0.05) is 11.1 Å². The molecular weight excluding hydrogens is 266 g/mol. The SMILES string of the molecule is CC[C@H](NC(=O)c1ccc(Cl)cc1O)C1CC(O)C1. The lowest BCUT2D eigenvalue weighted by molar-refractivity contribution is 0.0232. The van der Waals surface area contributed by atoms with Crippen LogP contribution in [0.2, 0.25) is 5.02 Å². The largest absolute Gasteiger partial charge is 0.507 e. The molecule has 2 rings (SSSR count). The summed E-state index contributed by atoms with van der Waals surface area (Å²) < 4.78 is 0. The standard InChI is InChI=1S/C14H18ClNO3/c1-2-12(8-5-10(17)6-8)16-14(19)11-4-3-9(15)7-13(11)18/h3-4,7-8,10,12,17-18H,2,5-6H2,1H3,(H,16,19)/t8?,10?,12-/m0/s1. The molecule has 1 aromatic carbocycles. The number of carbonyl (C=O) groups is 1. The van der Waals surface area contributed by atoms with E-state index in [2.05, 4.69) is 5.32 Å². The number of amides is 1. The van der Waals surface area contributed by atoms with Crippen LogP contribution in [0, 0.1) is 5.92 Å². The molecule has 0 radical (unpaired) electrons. The second kappa shape index (κ2) is 5.80. The van der Waals surface area contributed by atoms with Gasteiger partial charge in [-0.15, -0.1) is 0 Å². The molecule has 0 aromatic heterocycles. The molecule has 1 atom stereocenters. The maximum absolute atomic E-state index is 12.1. The fourth-order valence-corrected chi connectivity index (χ4v) is 2.62. The van der Waals surface area contributed by atoms with Crippen LogP contribution in [-0.4, -0.2) is 28.3 Å². The fourth-order valence-electron chi connectivity index (χ4n) is 2.45. The molecule has 1 aliphatic carbocycles. The molecule has 1 saturated carbocycles. The van der Waals surface area contributed by atoms with Crippen molar-refractivity contribution in [3.63, 3.8) is 0 Å². The summed E-state index contributed by atoms with van der Waals surface area (Å²) in [6, 6.07) is 4.47. The molecule has 0 saturated heterocycles. The van der Waals surface area contributed by atoms with Crippen molar-refractivity contribution in [3.8, 4) is 5.75 Å². The number of aliphatic hydroxyl groups excluding tert-OH is 1. The Labute approximate surface area is 117 Å². The zero-order chi connectivity index (χ0) is 14.0. The van der Waals surface area contributed by atoms with Gasteiger partial charge in [0.15, 0.2) is 0 Å². The van der Waals surface area contributed by atoms with E-state index in [0.29, 0.717) is 10.9 Å². The van der Waals surface area contributed by atoms with Crippen molar-refractivity contribution in [2.45, 2.75) is 38.3 Å². The first-order chi connectivity index (χ1) is 9.01. The van der Waals surface area contributed by atoms with Crippen LogP contribution in [0.5, 0.6) is 5.75 Å². The van der Waals surface area contributed by atoms with E-state index in [1.165, 1.54) is 12.1 Å². The first-order valence-electron chi connectivity index (χ1n) is 6.48. The molecule has 5 heteroatoms. The van der Waals surface area contributed by atoms with Gasteiger partial charge in [-0.3, -0.25) is 4.79 Å². The number of aliphatic hydroxyl groups is 1. The second-order valence-electron chi connectivity index (χ2n) is 5.03. The number of nitrogens with one attached hydrogen (secondary N) is 1. The molecule has 3 N–H and O–H groups in total. The van der Waals surface area contributed by atoms with Crippen LogP contribution in [0.1, 0.15) is 36.5 Å². The molecule has 1 aromatic rings. The summed E-state index contributed by atoms with van der Waals surface area (Å²) in [5.41, 5.74) is 0.225. The van der Waals surface area contributed by atoms with E-state index in [4.69, 9.17) is 11.6 Å². The summed E-state index contributed by atoms with van der Waals surface area (Å²) >= 11 is 5.73. The Morgan fingerprint density at radius 1 is 1.53 bits per heavy atom. The number of benzene rings is 1. The van der Waals surface area contributed by atoms with E-state index in [1.807, 2.05) is 6.92 Å². The van der Waals surface area contributed by atoms with Crippen LogP contribution in [-0.2, 0) is 0 Å². The minimum atomic E-state index is -0.303. The third-order valence-electron chi connectivity index (χ3n) is 3.68. The van der Waals surface area contributed by atoms with Gasteiger partial charge in [0.05, 0.1) is 11.7 Å². The highest BCUT2D eigenvalue weighted by atomic mass is 35.5. The van der Waals surface area contributed by atoms with Crippen molar-refractivity contribution < 1.29 is 15.0 Å². The Morgan fingerprint density at radius 3 is 2.74 bits per heavy atom. The van der Waals surface area contributed by atoms with Gasteiger partial charge in [0.25, 0.3) is 5.91 Å². The van der Waals surface area contributed by atoms with Crippen molar-refractivity contribution >= 4 is 17.5 Å². The molecule has 0 unspecified atom stereocenters. The average molecular weight is 284 g/mol. The molecule has 1 amide bonds. The predicted octanol–water partition coefficient (Wildman–Crippen LogP) is 2.32. The van der Waals surface area contributed by atoms with E-state index in [9.17, 15) is 15.0 Å². The smallest absolute Gasteiger partial charge is 0.255 e. The lowest BCUT2D eigenvalue weighted by Crippen LogP contribution is -2.46. The number of phenolic OH excluding ortho intramolecular Hbond substituents is 1. The third kappa shape index (κ3) is 3.19. The van der Waals surface area contributed by atoms with Crippen molar-refractivity contribution in [1.29, 1.82) is 0 Å². The quantitative estimate of drug-likeness (QED) is 0.794. The summed E-state index contributed by atoms with van der Waals surface area (Å²) in [6.07, 6.45) is 2.02. The van der Waals surface area contributed by atoms with Crippen LogP contribution in [0.25, 0.3) is 0 Å². The summed E-state index contributed by atoms with van der Waals surface area (Å²) in [4.78, 5) is 12.1. The lowest BCUT2D eigenvalue weighted by atomic mass is 9.76. The van der Waals surface area contributed by atoms with Gasteiger partial charge in [-0.2, -0.15) is 0 Å². The van der Waals surface area contributed by atoms with Gasteiger partial charge in [-0.05, 0) is 43.4 Å². The van der Waals surface area contributed by atoms with Gasteiger partial charge in [0.1, 0.15) is 5.75 Å². The van der Waals surface area contributed by atoms with Crippen molar-refractivity contribution in [2.75, 3.05) is 0 Å². The molecule has 0 spiro atoms. The molecule has 104 valence electrons. The van der Waals surface area contributed by atoms with Crippen LogP contribution in [0.3, 0.4) is 0 Å². The van der Waals surface area contributed by atoms with Crippen molar-refractivity contribution in [1.82, 2.24) is 5.32 Å². The molecule has 19 heavy (non-hydrogen) atoms. The number of aromatic hydroxyl groups is 1. The number of phenols is 1. The first kappa shape index (κ1) is 14.2. The van der Waals surface area contributed by atoms with Crippen LogP contribution >= 0.6 is 11.6 Å². The number of hydrogen-bond donors (Lipinski definition) is 3. The Bertz CT molecular complexity index is 472. The maximum Gasteiger partial charge on any atom is 0.255 e. The number of carbonyl (C=O) groups excluding carboxylic acids is 1. The molecule has 4 nitrogen and oxygen atoms in total. The van der Waals surface area contributed by atoms with Crippen LogP contribution in [0.15, 0.2) is 18.2 Å². The number of halogens is 1. The van der Waals surface area contributed by atoms with Gasteiger partial charge in [-0.25, -0.2) is 0 Å². The lowest BCUT2D eigenvalue weighted by Gasteiger charge is -2.37. The summed E-state index contributed by atoms with van der Waals surface area (Å²) in [5.74, 6) is -0.103. The topological polar surface area (TPSA) is 69.6 Å². The highest BCUT2D eigenvalue weighted by Crippen LogP contribution is 2.32. The summed E-state index contributed by atoms with van der Waals surface area (Å²) in [5, 5.41) is 22.3. The maximum atomic E-state index is 12.1. The van der Waals surface area contributed by atoms with E-state index in [0.717, 1.165) is 19.3 Å². The van der Waals surface area contributed by atoms with Gasteiger partial charge in [0.2, 0.25) is 0 Å². The highest BCUT2D eigenvalue weighted by molar-refractivity contribution is 6.30. The molecule has 0 bridgehead atoms. The van der Waals surface area contributed by atoms with Gasteiger partial charge >= 0.3 is 0 Å². The van der Waals surface area contributed by atoms with Gasteiger partial charge < -0.3 is 15.5 Å². The molecule has 1 fully saturated rings. The third-order valence-corrected chi connectivity index (χ3v) is 3.91. The zero-order valence-electron chi connectivity index (χ0n) is 10.8. The Balaban J connectivity index is 2.03. The van der Waals surface area contributed by atoms with Crippen molar-refractivity contribution in [3.05, 3.63) is 28.8 Å². The van der Waals surface area contributed by atoms with Gasteiger partial charge in [-0.1, -0.05) is 18.5 Å². The normalized spacial score (nSPS) is 23.5. The van der Waals surface area contributed by atoms with E-state index >= 15 is 0 Å². The van der Waals surface area contributed by atoms with E-state index in [-0.39, 0.29) is 29.4 Å². The Kier molecular flexibility index (Phi) is 4.32. The molecule has 1 aliphatic rings. The monoisotopic (exact) mass is 283 g/mol. The predicted molar refractivity (Wildman–Crippen MR) is 73.4 cm³/mol. The minimum absolute atomic E-state index is 0.0333. The Hall–Kier alpha value is -1.26. The molecule has 0 heterocycles. The van der Waals surface area contributed by atoms with E-state index < -0.39 is 0 Å². The first-order valence-corrected chi connectivity index (χ1v) is 6.86. The second-order valence-corrected chi connectivity index (χ2v) is 5.47. The molecule has 0 aliphatic heterocycles. The minimum Gasteiger partial charge on any atom is -0.507 e. The summed E-state index contributed by atoms with van der Waals surface area (Å²) in [7, 11) is 0. The molecular formula is C14H18ClNO3. The fraction of sp³-hybridized carbons (Fsp3) is 0.500. The number of hydrogen-bond acceptors (Lipinski definition) is 3. The average Bonchev–Trinajstić information content (AvgIpc) is 2.32. The van der Waals surface area contributed by atoms with Crippen LogP contribution in [0.4, 0.5) is 0 Å².